The number of benzene rings is 2. The molecule has 6 nitrogen and oxygen atoms in total. The SMILES string of the molecule is Fc1ccc(-c2nccc3[nH]c(-c4n[nH]c5ccc(-c6cncc(CCCN7CCCC7)c6)cc45)cc23)cc1. The van der Waals surface area contributed by atoms with E-state index < -0.39 is 0 Å². The highest BCUT2D eigenvalue weighted by atomic mass is 19.1. The Balaban J connectivity index is 1.20. The summed E-state index contributed by atoms with van der Waals surface area (Å²) in [5, 5.41) is 9.85. The second kappa shape index (κ2) is 10.1. The first kappa shape index (κ1) is 23.7. The van der Waals surface area contributed by atoms with Crippen LogP contribution in [0.4, 0.5) is 4.39 Å². The molecule has 0 saturated carbocycles. The van der Waals surface area contributed by atoms with Crippen LogP contribution < -0.4 is 0 Å². The van der Waals surface area contributed by atoms with Crippen LogP contribution in [0.1, 0.15) is 24.8 Å². The summed E-state index contributed by atoms with van der Waals surface area (Å²) < 4.78 is 13.5. The van der Waals surface area contributed by atoms with Crippen LogP contribution in [-0.4, -0.2) is 49.7 Å². The van der Waals surface area contributed by atoms with Gasteiger partial charge in [0.25, 0.3) is 0 Å². The second-order valence-electron chi connectivity index (χ2n) is 10.4. The lowest BCUT2D eigenvalue weighted by molar-refractivity contribution is 0.334. The molecule has 7 heteroatoms. The molecule has 0 aliphatic carbocycles. The van der Waals surface area contributed by atoms with E-state index in [0.29, 0.717) is 0 Å². The third-order valence-electron chi connectivity index (χ3n) is 7.75. The number of aromatic nitrogens is 5. The van der Waals surface area contributed by atoms with E-state index in [-0.39, 0.29) is 5.82 Å². The van der Waals surface area contributed by atoms with Crippen molar-refractivity contribution < 1.29 is 4.39 Å². The number of hydrogen-bond donors (Lipinski definition) is 2. The highest BCUT2D eigenvalue weighted by molar-refractivity contribution is 6.00. The van der Waals surface area contributed by atoms with Crippen LogP contribution in [-0.2, 0) is 6.42 Å². The molecule has 0 bridgehead atoms. The molecular weight excluding hydrogens is 487 g/mol. The molecule has 4 aromatic heterocycles. The van der Waals surface area contributed by atoms with Gasteiger partial charge in [-0.25, -0.2) is 4.39 Å². The molecule has 1 aliphatic rings. The zero-order chi connectivity index (χ0) is 26.2. The third-order valence-corrected chi connectivity index (χ3v) is 7.75. The van der Waals surface area contributed by atoms with Crippen molar-refractivity contribution in [1.29, 1.82) is 0 Å². The van der Waals surface area contributed by atoms with Gasteiger partial charge in [0, 0.05) is 46.0 Å². The maximum absolute atomic E-state index is 13.5. The maximum atomic E-state index is 13.5. The first-order valence-electron chi connectivity index (χ1n) is 13.6. The van der Waals surface area contributed by atoms with Gasteiger partial charge < -0.3 is 9.88 Å². The van der Waals surface area contributed by atoms with Gasteiger partial charge in [0.15, 0.2) is 0 Å². The Kier molecular flexibility index (Phi) is 6.13. The number of fused-ring (bicyclic) bond motifs is 2. The molecule has 39 heavy (non-hydrogen) atoms. The minimum atomic E-state index is -0.262. The zero-order valence-corrected chi connectivity index (χ0v) is 21.6. The van der Waals surface area contributed by atoms with Gasteiger partial charge in [0.05, 0.1) is 16.9 Å². The monoisotopic (exact) mass is 516 g/mol. The first-order valence-corrected chi connectivity index (χ1v) is 13.6. The van der Waals surface area contributed by atoms with Gasteiger partial charge in [-0.1, -0.05) is 6.07 Å². The van der Waals surface area contributed by atoms with Gasteiger partial charge in [-0.2, -0.15) is 5.10 Å². The Morgan fingerprint density at radius 2 is 1.62 bits per heavy atom. The Morgan fingerprint density at radius 3 is 2.49 bits per heavy atom. The fourth-order valence-electron chi connectivity index (χ4n) is 5.71. The Labute approximate surface area is 225 Å². The number of hydrogen-bond acceptors (Lipinski definition) is 4. The van der Waals surface area contributed by atoms with Crippen LogP contribution in [0.15, 0.2) is 79.3 Å². The lowest BCUT2D eigenvalue weighted by atomic mass is 10.0. The van der Waals surface area contributed by atoms with Crippen molar-refractivity contribution in [3.05, 3.63) is 90.6 Å². The highest BCUT2D eigenvalue weighted by Gasteiger charge is 2.15. The minimum Gasteiger partial charge on any atom is -0.353 e. The molecule has 1 saturated heterocycles. The predicted molar refractivity (Wildman–Crippen MR) is 154 cm³/mol. The van der Waals surface area contributed by atoms with Crippen LogP contribution in [0.3, 0.4) is 0 Å². The number of nitrogens with zero attached hydrogens (tertiary/aromatic N) is 4. The fourth-order valence-corrected chi connectivity index (χ4v) is 5.71. The van der Waals surface area contributed by atoms with Gasteiger partial charge >= 0.3 is 0 Å². The number of aromatic amines is 2. The molecular formula is C32H29FN6. The molecule has 0 atom stereocenters. The van der Waals surface area contributed by atoms with Crippen molar-refractivity contribution in [3.63, 3.8) is 0 Å². The Bertz CT molecular complexity index is 1760. The molecule has 0 radical (unpaired) electrons. The van der Waals surface area contributed by atoms with E-state index in [1.54, 1.807) is 18.3 Å². The van der Waals surface area contributed by atoms with Gasteiger partial charge in [-0.3, -0.25) is 15.1 Å². The molecule has 194 valence electrons. The second-order valence-corrected chi connectivity index (χ2v) is 10.4. The van der Waals surface area contributed by atoms with Gasteiger partial charge in [0.1, 0.15) is 11.5 Å². The van der Waals surface area contributed by atoms with Crippen molar-refractivity contribution in [3.8, 4) is 33.8 Å². The smallest absolute Gasteiger partial charge is 0.123 e. The van der Waals surface area contributed by atoms with Crippen LogP contribution in [0.5, 0.6) is 0 Å². The number of halogens is 1. The summed E-state index contributed by atoms with van der Waals surface area (Å²) >= 11 is 0. The molecule has 5 heterocycles. The standard InChI is InChI=1S/C32H29FN6/c33-25-8-5-22(6-9-25)31-27-18-30(36-28(27)11-12-35-31)32-26-17-23(7-10-29(26)37-38-32)24-16-21(19-34-20-24)4-3-15-39-13-1-2-14-39/h5-12,16-20,36H,1-4,13-15H2,(H,37,38). The number of pyridine rings is 2. The van der Waals surface area contributed by atoms with Crippen molar-refractivity contribution in [2.45, 2.75) is 25.7 Å². The highest BCUT2D eigenvalue weighted by Crippen LogP contribution is 2.34. The molecule has 1 aliphatic heterocycles. The van der Waals surface area contributed by atoms with Crippen LogP contribution in [0.25, 0.3) is 55.6 Å². The van der Waals surface area contributed by atoms with Crippen LogP contribution in [0, 0.1) is 5.82 Å². The van der Waals surface area contributed by atoms with E-state index in [4.69, 9.17) is 0 Å². The predicted octanol–water partition coefficient (Wildman–Crippen LogP) is 7.00. The van der Waals surface area contributed by atoms with Crippen molar-refractivity contribution in [2.24, 2.45) is 0 Å². The molecule has 6 aromatic rings. The van der Waals surface area contributed by atoms with Crippen molar-refractivity contribution in [2.75, 3.05) is 19.6 Å². The number of nitrogens with one attached hydrogen (secondary N) is 2. The lowest BCUT2D eigenvalue weighted by Crippen LogP contribution is -2.20. The largest absolute Gasteiger partial charge is 0.353 e. The Morgan fingerprint density at radius 1 is 0.795 bits per heavy atom. The molecule has 7 rings (SSSR count). The van der Waals surface area contributed by atoms with E-state index >= 15 is 0 Å². The normalized spacial score (nSPS) is 14.1. The average Bonchev–Trinajstić information content (AvgIpc) is 3.73. The third kappa shape index (κ3) is 4.70. The summed E-state index contributed by atoms with van der Waals surface area (Å²) in [5.74, 6) is -0.262. The number of aryl methyl sites for hydroxylation is 1. The van der Waals surface area contributed by atoms with E-state index in [2.05, 4.69) is 60.4 Å². The van der Waals surface area contributed by atoms with Gasteiger partial charge in [-0.05, 0) is 111 Å². The average molecular weight is 517 g/mol. The summed E-state index contributed by atoms with van der Waals surface area (Å²) in [6.07, 6.45) is 10.6. The van der Waals surface area contributed by atoms with Crippen molar-refractivity contribution >= 4 is 21.8 Å². The van der Waals surface area contributed by atoms with E-state index in [0.717, 1.165) is 75.0 Å². The molecule has 1 fully saturated rings. The summed E-state index contributed by atoms with van der Waals surface area (Å²) in [5.41, 5.74) is 8.86. The first-order chi connectivity index (χ1) is 19.2. The number of H-pyrrole nitrogens is 2. The zero-order valence-electron chi connectivity index (χ0n) is 21.6. The molecule has 2 aromatic carbocycles. The summed E-state index contributed by atoms with van der Waals surface area (Å²) in [7, 11) is 0. The summed E-state index contributed by atoms with van der Waals surface area (Å²) in [6, 6.07) is 19.1. The summed E-state index contributed by atoms with van der Waals surface area (Å²) in [4.78, 5) is 15.2. The van der Waals surface area contributed by atoms with Crippen molar-refractivity contribution in [1.82, 2.24) is 30.0 Å². The lowest BCUT2D eigenvalue weighted by Gasteiger charge is -2.14. The Hall–Kier alpha value is -4.36. The molecule has 0 unspecified atom stereocenters. The quantitative estimate of drug-likeness (QED) is 0.240. The fraction of sp³-hybridized carbons (Fsp3) is 0.219. The number of rotatable bonds is 7. The van der Waals surface area contributed by atoms with Crippen LogP contribution >= 0.6 is 0 Å². The molecule has 0 amide bonds. The van der Waals surface area contributed by atoms with E-state index in [1.807, 2.05) is 18.5 Å². The van der Waals surface area contributed by atoms with Crippen LogP contribution in [0.2, 0.25) is 0 Å². The molecule has 0 spiro atoms. The van der Waals surface area contributed by atoms with Gasteiger partial charge in [-0.15, -0.1) is 0 Å². The van der Waals surface area contributed by atoms with E-state index in [9.17, 15) is 4.39 Å². The maximum Gasteiger partial charge on any atom is 0.123 e. The van der Waals surface area contributed by atoms with Gasteiger partial charge in [0.2, 0.25) is 0 Å². The minimum absolute atomic E-state index is 0.262. The number of likely N-dealkylation sites (tertiary alicyclic amines) is 1. The topological polar surface area (TPSA) is 73.5 Å². The summed E-state index contributed by atoms with van der Waals surface area (Å²) in [6.45, 7) is 3.65. The van der Waals surface area contributed by atoms with E-state index in [1.165, 1.54) is 43.6 Å². The molecule has 2 N–H and O–H groups in total.